The summed E-state index contributed by atoms with van der Waals surface area (Å²) < 4.78 is 51.0. The molecule has 0 aliphatic carbocycles. The molecule has 3 aromatic carbocycles. The normalized spacial score (nSPS) is 14.2. The Hall–Kier alpha value is -5.29. The number of ether oxygens (including phenoxy) is 1. The van der Waals surface area contributed by atoms with E-state index in [0.29, 0.717) is 42.1 Å². The summed E-state index contributed by atoms with van der Waals surface area (Å²) in [5, 5.41) is 5.48. The van der Waals surface area contributed by atoms with Gasteiger partial charge in [-0.2, -0.15) is 5.10 Å². The maximum Gasteiger partial charge on any atom is 0.410 e. The van der Waals surface area contributed by atoms with Crippen molar-refractivity contribution in [3.63, 3.8) is 0 Å². The minimum absolute atomic E-state index is 0.167. The molecule has 0 N–H and O–H groups in total. The lowest BCUT2D eigenvalue weighted by Crippen LogP contribution is -2.41. The van der Waals surface area contributed by atoms with Crippen molar-refractivity contribution in [2.75, 3.05) is 13.1 Å². The van der Waals surface area contributed by atoms with Crippen molar-refractivity contribution in [1.82, 2.24) is 23.6 Å². The lowest BCUT2D eigenvalue weighted by molar-refractivity contribution is 0.0205. The Balaban J connectivity index is 1.24. The van der Waals surface area contributed by atoms with Crippen LogP contribution in [0.3, 0.4) is 0 Å². The second-order valence-corrected chi connectivity index (χ2v) is 16.8. The highest BCUT2D eigenvalue weighted by Gasteiger charge is 2.29. The first-order valence-electron chi connectivity index (χ1n) is 17.9. The summed E-state index contributed by atoms with van der Waals surface area (Å²) in [6.07, 6.45) is 4.80. The number of fused-ring (bicyclic) bond motifs is 1. The van der Waals surface area contributed by atoms with Gasteiger partial charge in [0.1, 0.15) is 11.4 Å². The standard InChI is InChI=1S/C42H44FN5O4S/c1-27-10-16-36(17-11-27)53(50,51)48-26-38(39-28(2)45-47(29(39)3)25-30-8-7-9-35(43)22-30)37-23-34(24-44-40(37)48)32-14-12-31(13-15-32)33-18-20-46(21-19-33)41(49)52-42(4,5)6/h7-17,22-24,26,33H,18-21,25H2,1-6H3. The molecule has 0 bridgehead atoms. The number of rotatable bonds is 7. The minimum Gasteiger partial charge on any atom is -0.444 e. The molecule has 6 aromatic rings. The van der Waals surface area contributed by atoms with Crippen LogP contribution in [-0.2, 0) is 21.3 Å². The Labute approximate surface area is 310 Å². The number of benzene rings is 3. The first-order valence-corrected chi connectivity index (χ1v) is 19.3. The fourth-order valence-corrected chi connectivity index (χ4v) is 8.49. The van der Waals surface area contributed by atoms with Crippen molar-refractivity contribution < 1.29 is 22.3 Å². The smallest absolute Gasteiger partial charge is 0.410 e. The van der Waals surface area contributed by atoms with Crippen molar-refractivity contribution in [1.29, 1.82) is 0 Å². The third-order valence-electron chi connectivity index (χ3n) is 9.92. The molecule has 1 amide bonds. The first kappa shape index (κ1) is 36.1. The van der Waals surface area contributed by atoms with Gasteiger partial charge in [-0.1, -0.05) is 54.1 Å². The summed E-state index contributed by atoms with van der Waals surface area (Å²) in [7, 11) is -4.00. The molecule has 0 radical (unpaired) electrons. The molecule has 9 nitrogen and oxygen atoms in total. The molecule has 1 saturated heterocycles. The molecule has 0 atom stereocenters. The van der Waals surface area contributed by atoms with Crippen molar-refractivity contribution in [2.24, 2.45) is 0 Å². The van der Waals surface area contributed by atoms with Gasteiger partial charge in [-0.3, -0.25) is 4.68 Å². The van der Waals surface area contributed by atoms with Crippen molar-refractivity contribution in [2.45, 2.75) is 77.3 Å². The topological polar surface area (TPSA) is 99.3 Å². The zero-order valence-electron chi connectivity index (χ0n) is 30.9. The van der Waals surface area contributed by atoms with Crippen LogP contribution in [0.5, 0.6) is 0 Å². The van der Waals surface area contributed by atoms with Gasteiger partial charge >= 0.3 is 6.09 Å². The zero-order chi connectivity index (χ0) is 37.7. The van der Waals surface area contributed by atoms with E-state index in [-0.39, 0.29) is 16.8 Å². The van der Waals surface area contributed by atoms with Crippen LogP contribution in [0.4, 0.5) is 9.18 Å². The van der Waals surface area contributed by atoms with Gasteiger partial charge in [-0.05, 0) is 107 Å². The molecule has 4 heterocycles. The molecule has 7 rings (SSSR count). The van der Waals surface area contributed by atoms with E-state index in [2.05, 4.69) is 24.3 Å². The maximum atomic E-state index is 14.2. The van der Waals surface area contributed by atoms with Gasteiger partial charge in [-0.15, -0.1) is 0 Å². The van der Waals surface area contributed by atoms with E-state index in [1.807, 2.05) is 58.4 Å². The van der Waals surface area contributed by atoms with Gasteiger partial charge in [0.2, 0.25) is 0 Å². The van der Waals surface area contributed by atoms with Gasteiger partial charge in [0.05, 0.1) is 17.1 Å². The molecular formula is C42H44FN5O4S. The lowest BCUT2D eigenvalue weighted by Gasteiger charge is -2.33. The van der Waals surface area contributed by atoms with E-state index in [9.17, 15) is 17.6 Å². The van der Waals surface area contributed by atoms with Gasteiger partial charge in [0.15, 0.2) is 5.65 Å². The molecule has 1 fully saturated rings. The molecule has 0 unspecified atom stereocenters. The maximum absolute atomic E-state index is 14.2. The van der Waals surface area contributed by atoms with Crippen molar-refractivity contribution >= 4 is 27.1 Å². The summed E-state index contributed by atoms with van der Waals surface area (Å²) >= 11 is 0. The van der Waals surface area contributed by atoms with Crippen molar-refractivity contribution in [3.8, 4) is 22.3 Å². The summed E-state index contributed by atoms with van der Waals surface area (Å²) in [5.74, 6) is 0.00896. The largest absolute Gasteiger partial charge is 0.444 e. The third kappa shape index (κ3) is 7.35. The summed E-state index contributed by atoms with van der Waals surface area (Å²) in [6.45, 7) is 13.0. The highest BCUT2D eigenvalue weighted by molar-refractivity contribution is 7.90. The molecule has 0 saturated carbocycles. The molecule has 3 aromatic heterocycles. The number of hydrogen-bond donors (Lipinski definition) is 0. The van der Waals surface area contributed by atoms with Crippen molar-refractivity contribution in [3.05, 3.63) is 125 Å². The number of likely N-dealkylation sites (tertiary alicyclic amines) is 1. The number of pyridine rings is 1. The number of nitrogens with zero attached hydrogens (tertiary/aromatic N) is 5. The van der Waals surface area contributed by atoms with E-state index >= 15 is 0 Å². The Morgan fingerprint density at radius 3 is 2.28 bits per heavy atom. The van der Waals surface area contributed by atoms with Gasteiger partial charge in [-0.25, -0.2) is 26.6 Å². The zero-order valence-corrected chi connectivity index (χ0v) is 31.7. The van der Waals surface area contributed by atoms with Crippen LogP contribution in [0.2, 0.25) is 0 Å². The molecule has 11 heteroatoms. The fraction of sp³-hybridized carbons (Fsp3) is 0.310. The summed E-state index contributed by atoms with van der Waals surface area (Å²) in [6, 6.07) is 23.6. The Kier molecular flexibility index (Phi) is 9.48. The Morgan fingerprint density at radius 1 is 0.925 bits per heavy atom. The SMILES string of the molecule is Cc1ccc(S(=O)(=O)n2cc(-c3c(C)nn(Cc4cccc(F)c4)c3C)c3cc(-c4ccc(C5CCN(C(=O)OC(C)(C)C)CC5)cc4)cnc32)cc1. The number of piperidine rings is 1. The highest BCUT2D eigenvalue weighted by Crippen LogP contribution is 2.38. The van der Waals surface area contributed by atoms with E-state index in [0.717, 1.165) is 52.0 Å². The van der Waals surface area contributed by atoms with E-state index in [1.165, 1.54) is 21.7 Å². The molecule has 1 aliphatic rings. The second-order valence-electron chi connectivity index (χ2n) is 14.9. The number of halogens is 1. The van der Waals surface area contributed by atoms with Crippen LogP contribution >= 0.6 is 0 Å². The van der Waals surface area contributed by atoms with Crippen LogP contribution in [0.25, 0.3) is 33.3 Å². The van der Waals surface area contributed by atoms with E-state index in [1.54, 1.807) is 47.6 Å². The predicted octanol–water partition coefficient (Wildman–Crippen LogP) is 9.03. The number of carbonyl (C=O) groups excluding carboxylic acids is 1. The van der Waals surface area contributed by atoms with Crippen LogP contribution < -0.4 is 0 Å². The van der Waals surface area contributed by atoms with Crippen LogP contribution in [-0.4, -0.2) is 56.8 Å². The molecule has 0 spiro atoms. The monoisotopic (exact) mass is 733 g/mol. The number of amides is 1. The summed E-state index contributed by atoms with van der Waals surface area (Å²) in [4.78, 5) is 19.3. The quantitative estimate of drug-likeness (QED) is 0.162. The highest BCUT2D eigenvalue weighted by atomic mass is 32.2. The molecule has 274 valence electrons. The number of hydrogen-bond acceptors (Lipinski definition) is 6. The summed E-state index contributed by atoms with van der Waals surface area (Å²) in [5.41, 5.74) is 7.56. The van der Waals surface area contributed by atoms with Gasteiger partial charge < -0.3 is 9.64 Å². The predicted molar refractivity (Wildman–Crippen MR) is 205 cm³/mol. The average Bonchev–Trinajstić information content (AvgIpc) is 3.63. The second kappa shape index (κ2) is 13.9. The average molecular weight is 734 g/mol. The molecule has 1 aliphatic heterocycles. The molecule has 53 heavy (non-hydrogen) atoms. The van der Waals surface area contributed by atoms with Crippen LogP contribution in [0.15, 0.2) is 96.2 Å². The lowest BCUT2D eigenvalue weighted by atomic mass is 9.88. The Morgan fingerprint density at radius 2 is 1.62 bits per heavy atom. The Bertz CT molecular complexity index is 2420. The van der Waals surface area contributed by atoms with E-state index in [4.69, 9.17) is 14.8 Å². The molecular weight excluding hydrogens is 690 g/mol. The third-order valence-corrected chi connectivity index (χ3v) is 11.6. The van der Waals surface area contributed by atoms with Gasteiger partial charge in [0, 0.05) is 53.3 Å². The first-order chi connectivity index (χ1) is 25.2. The number of aryl methyl sites for hydroxylation is 2. The minimum atomic E-state index is -4.00. The fourth-order valence-electron chi connectivity index (χ4n) is 7.16. The van der Waals surface area contributed by atoms with E-state index < -0.39 is 15.6 Å². The number of carbonyl (C=O) groups is 1. The van der Waals surface area contributed by atoms with Crippen LogP contribution in [0, 0.1) is 26.6 Å². The van der Waals surface area contributed by atoms with Gasteiger partial charge in [0.25, 0.3) is 10.0 Å². The van der Waals surface area contributed by atoms with Crippen LogP contribution in [0.1, 0.15) is 67.6 Å². The number of aromatic nitrogens is 4.